The van der Waals surface area contributed by atoms with Crippen molar-refractivity contribution < 1.29 is 5.11 Å². The van der Waals surface area contributed by atoms with Crippen LogP contribution in [-0.2, 0) is 10.8 Å². The zero-order chi connectivity index (χ0) is 24.9. The number of hydrogen-bond donors (Lipinski definition) is 1. The molecule has 1 rings (SSSR count). The van der Waals surface area contributed by atoms with Crippen LogP contribution in [0.1, 0.15) is 135 Å². The van der Waals surface area contributed by atoms with Crippen LogP contribution in [0.15, 0.2) is 12.1 Å². The van der Waals surface area contributed by atoms with E-state index in [2.05, 4.69) is 65.8 Å². The third-order valence-corrected chi connectivity index (χ3v) is 8.63. The lowest BCUT2D eigenvalue weighted by Crippen LogP contribution is -2.23. The highest BCUT2D eigenvalue weighted by atomic mass is 31.1. The summed E-state index contributed by atoms with van der Waals surface area (Å²) in [5, 5.41) is 29.9. The van der Waals surface area contributed by atoms with E-state index in [1.54, 1.807) is 0 Å². The highest BCUT2D eigenvalue weighted by Gasteiger charge is 2.32. The Morgan fingerprint density at radius 2 is 1.33 bits per heavy atom. The molecule has 0 saturated carbocycles. The van der Waals surface area contributed by atoms with E-state index in [0.717, 1.165) is 49.4 Å². The summed E-state index contributed by atoms with van der Waals surface area (Å²) in [6.45, 7) is 13.5. The summed E-state index contributed by atoms with van der Waals surface area (Å²) in [6.07, 6.45) is 12.0. The van der Waals surface area contributed by atoms with Gasteiger partial charge in [0.05, 0.1) is 12.1 Å². The van der Waals surface area contributed by atoms with Gasteiger partial charge in [0.1, 0.15) is 5.75 Å². The van der Waals surface area contributed by atoms with Gasteiger partial charge >= 0.3 is 0 Å². The van der Waals surface area contributed by atoms with Gasteiger partial charge < -0.3 is 5.11 Å². The molecule has 0 saturated heterocycles. The minimum Gasteiger partial charge on any atom is -0.507 e. The number of phenolic OH excluding ortho intramolecular Hbond substituents is 1. The van der Waals surface area contributed by atoms with Gasteiger partial charge in [0.25, 0.3) is 0 Å². The summed E-state index contributed by atoms with van der Waals surface area (Å²) in [6, 6.07) is 9.05. The number of nitriles is 2. The second-order valence-electron chi connectivity index (χ2n) is 10.8. The standard InChI is InChI=1S/C29H47N2OP/c1-7-9-11-16-28(3,4)24-21-23(26(15-13-18-30)33-20-14-19-31)22-25(27(24)32)29(5,6)17-12-10-8-2/h21-22,26,32-33H,7-17,20H2,1-6H3. The van der Waals surface area contributed by atoms with Crippen LogP contribution in [0.25, 0.3) is 0 Å². The minimum atomic E-state index is -0.112. The highest BCUT2D eigenvalue weighted by Crippen LogP contribution is 2.48. The normalized spacial score (nSPS) is 13.2. The zero-order valence-electron chi connectivity index (χ0n) is 22.1. The smallest absolute Gasteiger partial charge is 0.123 e. The van der Waals surface area contributed by atoms with Crippen molar-refractivity contribution in [1.29, 1.82) is 10.5 Å². The fourth-order valence-corrected chi connectivity index (χ4v) is 6.05. The van der Waals surface area contributed by atoms with Crippen molar-refractivity contribution in [3.05, 3.63) is 28.8 Å². The van der Waals surface area contributed by atoms with E-state index >= 15 is 0 Å². The van der Waals surface area contributed by atoms with Gasteiger partial charge in [-0.25, -0.2) is 0 Å². The van der Waals surface area contributed by atoms with Crippen molar-refractivity contribution in [2.45, 2.75) is 129 Å². The topological polar surface area (TPSA) is 67.8 Å². The molecule has 3 nitrogen and oxygen atoms in total. The molecule has 0 aliphatic rings. The maximum atomic E-state index is 11.6. The summed E-state index contributed by atoms with van der Waals surface area (Å²) in [4.78, 5) is 0. The molecular formula is C29H47N2OP. The molecule has 4 heteroatoms. The van der Waals surface area contributed by atoms with E-state index in [-0.39, 0.29) is 16.5 Å². The average molecular weight is 471 g/mol. The molecule has 1 N–H and O–H groups in total. The van der Waals surface area contributed by atoms with E-state index in [9.17, 15) is 10.4 Å². The first kappa shape index (κ1) is 29.5. The number of nitrogens with zero attached hydrogens (tertiary/aromatic N) is 2. The SMILES string of the molecule is CCCCCC(C)(C)c1cc(C(CCC#N)PCCC#N)cc(C(C)(C)CCCCC)c1O. The monoisotopic (exact) mass is 470 g/mol. The van der Waals surface area contributed by atoms with Crippen molar-refractivity contribution >= 4 is 8.58 Å². The summed E-state index contributed by atoms with van der Waals surface area (Å²) >= 11 is 0. The Morgan fingerprint density at radius 1 is 0.848 bits per heavy atom. The van der Waals surface area contributed by atoms with Gasteiger partial charge in [0.15, 0.2) is 0 Å². The largest absolute Gasteiger partial charge is 0.507 e. The Balaban J connectivity index is 3.53. The predicted molar refractivity (Wildman–Crippen MR) is 143 cm³/mol. The first-order valence-electron chi connectivity index (χ1n) is 13.0. The van der Waals surface area contributed by atoms with Crippen molar-refractivity contribution in [3.63, 3.8) is 0 Å². The van der Waals surface area contributed by atoms with Crippen LogP contribution in [0.5, 0.6) is 5.75 Å². The van der Waals surface area contributed by atoms with E-state index < -0.39 is 0 Å². The molecule has 184 valence electrons. The number of aromatic hydroxyl groups is 1. The molecule has 0 aromatic heterocycles. The Morgan fingerprint density at radius 3 is 1.76 bits per heavy atom. The molecule has 1 aromatic rings. The molecular weight excluding hydrogens is 423 g/mol. The van der Waals surface area contributed by atoms with E-state index in [4.69, 9.17) is 5.26 Å². The van der Waals surface area contributed by atoms with Gasteiger partial charge in [-0.2, -0.15) is 10.5 Å². The molecule has 0 fully saturated rings. The van der Waals surface area contributed by atoms with Gasteiger partial charge in [0, 0.05) is 29.6 Å². The molecule has 0 aliphatic carbocycles. The fraction of sp³-hybridized carbons (Fsp3) is 0.724. The predicted octanol–water partition coefficient (Wildman–Crippen LogP) is 9.05. The number of phenols is 1. The zero-order valence-corrected chi connectivity index (χ0v) is 23.1. The Hall–Kier alpha value is -1.57. The third kappa shape index (κ3) is 9.30. The number of benzene rings is 1. The Labute approximate surface area is 205 Å². The number of hydrogen-bond acceptors (Lipinski definition) is 3. The van der Waals surface area contributed by atoms with E-state index in [1.165, 1.54) is 31.2 Å². The quantitative estimate of drug-likeness (QED) is 0.193. The van der Waals surface area contributed by atoms with E-state index in [1.807, 2.05) is 0 Å². The summed E-state index contributed by atoms with van der Waals surface area (Å²) in [7, 11) is 0.620. The number of unbranched alkanes of at least 4 members (excludes halogenated alkanes) is 4. The lowest BCUT2D eigenvalue weighted by Gasteiger charge is -2.34. The van der Waals surface area contributed by atoms with Crippen molar-refractivity contribution in [1.82, 2.24) is 0 Å². The highest BCUT2D eigenvalue weighted by molar-refractivity contribution is 7.38. The first-order valence-corrected chi connectivity index (χ1v) is 14.3. The fourth-order valence-electron chi connectivity index (χ4n) is 4.69. The number of rotatable bonds is 16. The molecule has 33 heavy (non-hydrogen) atoms. The average Bonchev–Trinajstić information content (AvgIpc) is 2.76. The van der Waals surface area contributed by atoms with Crippen LogP contribution in [0, 0.1) is 22.7 Å². The van der Waals surface area contributed by atoms with Crippen molar-refractivity contribution in [2.75, 3.05) is 6.16 Å². The van der Waals surface area contributed by atoms with Crippen molar-refractivity contribution in [2.24, 2.45) is 0 Å². The maximum absolute atomic E-state index is 11.6. The second kappa shape index (κ2) is 14.6. The molecule has 0 aliphatic heterocycles. The molecule has 0 bridgehead atoms. The van der Waals surface area contributed by atoms with Gasteiger partial charge in [-0.1, -0.05) is 92.2 Å². The van der Waals surface area contributed by atoms with E-state index in [0.29, 0.717) is 27.2 Å². The lowest BCUT2D eigenvalue weighted by atomic mass is 9.73. The van der Waals surface area contributed by atoms with Gasteiger partial charge in [-0.05, 0) is 41.8 Å². The van der Waals surface area contributed by atoms with Crippen LogP contribution in [0.3, 0.4) is 0 Å². The third-order valence-electron chi connectivity index (χ3n) is 6.98. The van der Waals surface area contributed by atoms with Crippen molar-refractivity contribution in [3.8, 4) is 17.9 Å². The van der Waals surface area contributed by atoms with Crippen LogP contribution >= 0.6 is 8.58 Å². The van der Waals surface area contributed by atoms with Gasteiger partial charge in [0.2, 0.25) is 0 Å². The lowest BCUT2D eigenvalue weighted by molar-refractivity contribution is 0.380. The summed E-state index contributed by atoms with van der Waals surface area (Å²) in [5.74, 6) is 0.473. The minimum absolute atomic E-state index is 0.112. The molecule has 0 radical (unpaired) electrons. The second-order valence-corrected chi connectivity index (χ2v) is 12.4. The molecule has 2 unspecified atom stereocenters. The molecule has 0 spiro atoms. The van der Waals surface area contributed by atoms with Crippen LogP contribution in [0.2, 0.25) is 0 Å². The van der Waals surface area contributed by atoms with Crippen LogP contribution < -0.4 is 0 Å². The molecule has 0 heterocycles. The Kier molecular flexibility index (Phi) is 13.1. The summed E-state index contributed by atoms with van der Waals surface area (Å²) < 4.78 is 0. The first-order chi connectivity index (χ1) is 15.6. The van der Waals surface area contributed by atoms with Gasteiger partial charge in [-0.3, -0.25) is 0 Å². The van der Waals surface area contributed by atoms with Gasteiger partial charge in [-0.15, -0.1) is 8.58 Å². The molecule has 1 aromatic carbocycles. The summed E-state index contributed by atoms with van der Waals surface area (Å²) in [5.41, 5.74) is 3.41. The maximum Gasteiger partial charge on any atom is 0.123 e. The Bertz CT molecular complexity index is 758. The van der Waals surface area contributed by atoms with Crippen LogP contribution in [-0.4, -0.2) is 11.3 Å². The van der Waals surface area contributed by atoms with Crippen LogP contribution in [0.4, 0.5) is 0 Å². The molecule has 0 amide bonds. The molecule has 2 atom stereocenters.